The van der Waals surface area contributed by atoms with Gasteiger partial charge in [-0.25, -0.2) is 4.98 Å². The van der Waals surface area contributed by atoms with Crippen molar-refractivity contribution in [3.63, 3.8) is 0 Å². The summed E-state index contributed by atoms with van der Waals surface area (Å²) >= 11 is 1.46. The number of rotatable bonds is 7. The maximum Gasteiger partial charge on any atom is 0.238 e. The Balaban J connectivity index is 1.25. The Morgan fingerprint density at radius 1 is 1.00 bits per heavy atom. The zero-order valence-electron chi connectivity index (χ0n) is 19.0. The summed E-state index contributed by atoms with van der Waals surface area (Å²) in [6.07, 6.45) is 3.70. The van der Waals surface area contributed by atoms with Gasteiger partial charge in [0, 0.05) is 49.9 Å². The average Bonchev–Trinajstić information content (AvgIpc) is 3.27. The van der Waals surface area contributed by atoms with Gasteiger partial charge in [0.1, 0.15) is 0 Å². The summed E-state index contributed by atoms with van der Waals surface area (Å²) in [4.78, 5) is 33.5. The predicted octanol–water partition coefficient (Wildman–Crippen LogP) is 3.36. The van der Waals surface area contributed by atoms with Crippen LogP contribution in [0.25, 0.3) is 5.69 Å². The molecule has 0 saturated carbocycles. The van der Waals surface area contributed by atoms with E-state index in [-0.39, 0.29) is 11.8 Å². The molecule has 2 heterocycles. The van der Waals surface area contributed by atoms with E-state index in [0.717, 1.165) is 16.5 Å². The zero-order chi connectivity index (χ0) is 23.2. The van der Waals surface area contributed by atoms with E-state index >= 15 is 0 Å². The van der Waals surface area contributed by atoms with Gasteiger partial charge in [-0.15, -0.1) is 0 Å². The van der Waals surface area contributed by atoms with Crippen molar-refractivity contribution in [1.29, 1.82) is 0 Å². The molecule has 2 amide bonds. The molecule has 0 spiro atoms. The van der Waals surface area contributed by atoms with Crippen molar-refractivity contribution in [2.45, 2.75) is 19.0 Å². The standard InChI is InChI=1S/C25H29N5O2S/c1-19-14-20(2)16-22(15-19)30-9-8-26-25(30)33-18-24(32)29-12-10-28(11-13-29)17-23(31)27-21-6-4-3-5-7-21/h3-9,14-16H,10-13,17-18H2,1-2H3,(H,27,31). The number of carbonyl (C=O) groups is 2. The van der Waals surface area contributed by atoms with Gasteiger partial charge in [0.25, 0.3) is 0 Å². The van der Waals surface area contributed by atoms with Crippen LogP contribution in [0.4, 0.5) is 5.69 Å². The Morgan fingerprint density at radius 3 is 2.39 bits per heavy atom. The number of thioether (sulfide) groups is 1. The first kappa shape index (κ1) is 23.1. The van der Waals surface area contributed by atoms with E-state index in [0.29, 0.717) is 38.5 Å². The number of benzene rings is 2. The second kappa shape index (κ2) is 10.7. The van der Waals surface area contributed by atoms with Crippen molar-refractivity contribution in [2.75, 3.05) is 43.8 Å². The normalized spacial score (nSPS) is 14.3. The maximum atomic E-state index is 12.8. The molecule has 7 nitrogen and oxygen atoms in total. The summed E-state index contributed by atoms with van der Waals surface area (Å²) in [6, 6.07) is 15.8. The lowest BCUT2D eigenvalue weighted by Crippen LogP contribution is -2.50. The molecule has 0 aliphatic carbocycles. The Hall–Kier alpha value is -3.10. The fraction of sp³-hybridized carbons (Fsp3) is 0.320. The number of imidazole rings is 1. The van der Waals surface area contributed by atoms with Gasteiger partial charge in [0.05, 0.1) is 12.3 Å². The van der Waals surface area contributed by atoms with Crippen LogP contribution in [0.2, 0.25) is 0 Å². The first-order valence-electron chi connectivity index (χ1n) is 11.1. The van der Waals surface area contributed by atoms with Crippen LogP contribution in [0.3, 0.4) is 0 Å². The molecule has 1 saturated heterocycles. The molecule has 1 fully saturated rings. The fourth-order valence-electron chi connectivity index (χ4n) is 3.98. The van der Waals surface area contributed by atoms with E-state index in [1.54, 1.807) is 6.20 Å². The first-order chi connectivity index (χ1) is 16.0. The van der Waals surface area contributed by atoms with Crippen LogP contribution in [-0.4, -0.2) is 69.6 Å². The minimum Gasteiger partial charge on any atom is -0.339 e. The van der Waals surface area contributed by atoms with Gasteiger partial charge < -0.3 is 10.2 Å². The Labute approximate surface area is 198 Å². The Bertz CT molecular complexity index is 1090. The van der Waals surface area contributed by atoms with Gasteiger partial charge >= 0.3 is 0 Å². The average molecular weight is 464 g/mol. The van der Waals surface area contributed by atoms with Crippen molar-refractivity contribution >= 4 is 29.3 Å². The number of para-hydroxylation sites is 1. The molecule has 3 aromatic rings. The van der Waals surface area contributed by atoms with Crippen LogP contribution < -0.4 is 5.32 Å². The van der Waals surface area contributed by atoms with Crippen LogP contribution in [0.5, 0.6) is 0 Å². The van der Waals surface area contributed by atoms with Gasteiger partial charge in [0.2, 0.25) is 11.8 Å². The van der Waals surface area contributed by atoms with E-state index in [9.17, 15) is 9.59 Å². The summed E-state index contributed by atoms with van der Waals surface area (Å²) in [5, 5.41) is 3.72. The molecule has 1 aliphatic heterocycles. The quantitative estimate of drug-likeness (QED) is 0.544. The number of hydrogen-bond donors (Lipinski definition) is 1. The number of anilines is 1. The number of nitrogens with one attached hydrogen (secondary N) is 1. The lowest BCUT2D eigenvalue weighted by molar-refractivity contribution is -0.130. The second-order valence-corrected chi connectivity index (χ2v) is 9.23. The SMILES string of the molecule is Cc1cc(C)cc(-n2ccnc2SCC(=O)N2CCN(CC(=O)Nc3ccccc3)CC2)c1. The van der Waals surface area contributed by atoms with E-state index < -0.39 is 0 Å². The lowest BCUT2D eigenvalue weighted by Gasteiger charge is -2.34. The summed E-state index contributed by atoms with van der Waals surface area (Å²) in [5.41, 5.74) is 4.25. The number of nitrogens with zero attached hydrogens (tertiary/aromatic N) is 4. The predicted molar refractivity (Wildman–Crippen MR) is 132 cm³/mol. The molecule has 0 atom stereocenters. The van der Waals surface area contributed by atoms with Crippen LogP contribution in [-0.2, 0) is 9.59 Å². The van der Waals surface area contributed by atoms with Gasteiger partial charge in [-0.05, 0) is 49.2 Å². The van der Waals surface area contributed by atoms with Gasteiger partial charge in [-0.2, -0.15) is 0 Å². The molecule has 0 bridgehead atoms. The monoisotopic (exact) mass is 463 g/mol. The van der Waals surface area contributed by atoms with Crippen LogP contribution in [0.15, 0.2) is 66.1 Å². The highest BCUT2D eigenvalue weighted by atomic mass is 32.2. The minimum absolute atomic E-state index is 0.0326. The zero-order valence-corrected chi connectivity index (χ0v) is 19.8. The number of amides is 2. The van der Waals surface area contributed by atoms with Crippen molar-refractivity contribution in [3.05, 3.63) is 72.1 Å². The summed E-state index contributed by atoms with van der Waals surface area (Å²) < 4.78 is 2.03. The molecule has 4 rings (SSSR count). The first-order valence-corrected chi connectivity index (χ1v) is 12.1. The molecule has 1 aliphatic rings. The number of carbonyl (C=O) groups excluding carboxylic acids is 2. The summed E-state index contributed by atoms with van der Waals surface area (Å²) in [6.45, 7) is 7.13. The third-order valence-corrected chi connectivity index (χ3v) is 6.52. The number of aromatic nitrogens is 2. The molecule has 172 valence electrons. The minimum atomic E-state index is -0.0326. The summed E-state index contributed by atoms with van der Waals surface area (Å²) in [7, 11) is 0. The van der Waals surface area contributed by atoms with Crippen molar-refractivity contribution in [2.24, 2.45) is 0 Å². The van der Waals surface area contributed by atoms with E-state index in [2.05, 4.69) is 47.2 Å². The van der Waals surface area contributed by atoms with Crippen LogP contribution >= 0.6 is 11.8 Å². The molecule has 1 N–H and O–H groups in total. The molecule has 0 unspecified atom stereocenters. The van der Waals surface area contributed by atoms with Gasteiger partial charge in [0.15, 0.2) is 5.16 Å². The molecular weight excluding hydrogens is 434 g/mol. The lowest BCUT2D eigenvalue weighted by atomic mass is 10.1. The largest absolute Gasteiger partial charge is 0.339 e. The highest BCUT2D eigenvalue weighted by molar-refractivity contribution is 7.99. The highest BCUT2D eigenvalue weighted by Crippen LogP contribution is 2.22. The number of piperazine rings is 1. The topological polar surface area (TPSA) is 70.5 Å². The van der Waals surface area contributed by atoms with Crippen molar-refractivity contribution < 1.29 is 9.59 Å². The Kier molecular flexibility index (Phi) is 7.47. The van der Waals surface area contributed by atoms with E-state index in [1.165, 1.54) is 22.9 Å². The molecule has 0 radical (unpaired) electrons. The third kappa shape index (κ3) is 6.24. The van der Waals surface area contributed by atoms with E-state index in [1.807, 2.05) is 46.0 Å². The maximum absolute atomic E-state index is 12.8. The molecule has 1 aromatic heterocycles. The molecule has 2 aromatic carbocycles. The smallest absolute Gasteiger partial charge is 0.238 e. The second-order valence-electron chi connectivity index (χ2n) is 8.29. The van der Waals surface area contributed by atoms with Gasteiger partial charge in [-0.1, -0.05) is 36.0 Å². The summed E-state index contributed by atoms with van der Waals surface area (Å²) in [5.74, 6) is 0.411. The number of hydrogen-bond acceptors (Lipinski definition) is 5. The van der Waals surface area contributed by atoms with Crippen molar-refractivity contribution in [3.8, 4) is 5.69 Å². The van der Waals surface area contributed by atoms with Crippen molar-refractivity contribution in [1.82, 2.24) is 19.4 Å². The van der Waals surface area contributed by atoms with Gasteiger partial charge in [-0.3, -0.25) is 19.1 Å². The molecular formula is C25H29N5O2S. The van der Waals surface area contributed by atoms with Crippen LogP contribution in [0, 0.1) is 13.8 Å². The third-order valence-electron chi connectivity index (χ3n) is 5.57. The molecule has 8 heteroatoms. The Morgan fingerprint density at radius 2 is 1.70 bits per heavy atom. The highest BCUT2D eigenvalue weighted by Gasteiger charge is 2.23. The van der Waals surface area contributed by atoms with Crippen LogP contribution in [0.1, 0.15) is 11.1 Å². The number of aryl methyl sites for hydroxylation is 2. The fourth-order valence-corrected chi connectivity index (χ4v) is 4.86. The molecule has 33 heavy (non-hydrogen) atoms. The van der Waals surface area contributed by atoms with E-state index in [4.69, 9.17) is 0 Å².